The number of aromatic nitrogens is 2. The van der Waals surface area contributed by atoms with Gasteiger partial charge < -0.3 is 23.6 Å². The standard InChI is InChI=1S/C27H32N4O5/c1-19(2)35-23-11-5-20(17-24(23)34-4)6-12-26(32)31-15-13-30(14-16-31)18-25-28-27(29-36-25)21-7-9-22(33-3)10-8-21/h5-12,17,19H,13-16,18H2,1-4H3/b12-6+. The van der Waals surface area contributed by atoms with Gasteiger partial charge in [0.2, 0.25) is 17.6 Å². The molecule has 1 saturated heterocycles. The Labute approximate surface area is 211 Å². The molecule has 36 heavy (non-hydrogen) atoms. The fourth-order valence-corrected chi connectivity index (χ4v) is 3.91. The SMILES string of the molecule is COc1ccc(-c2noc(CN3CCN(C(=O)/C=C/c4ccc(OC(C)C)c(OC)c4)CC3)n2)cc1. The molecular weight excluding hydrogens is 460 g/mol. The van der Waals surface area contributed by atoms with Crippen molar-refractivity contribution in [1.82, 2.24) is 19.9 Å². The van der Waals surface area contributed by atoms with Gasteiger partial charge in [-0.1, -0.05) is 11.2 Å². The van der Waals surface area contributed by atoms with Gasteiger partial charge in [-0.25, -0.2) is 0 Å². The van der Waals surface area contributed by atoms with Crippen LogP contribution >= 0.6 is 0 Å². The van der Waals surface area contributed by atoms with Gasteiger partial charge in [-0.15, -0.1) is 0 Å². The van der Waals surface area contributed by atoms with Crippen LogP contribution in [0.15, 0.2) is 53.1 Å². The Morgan fingerprint density at radius 2 is 1.78 bits per heavy atom. The maximum absolute atomic E-state index is 12.7. The van der Waals surface area contributed by atoms with E-state index in [-0.39, 0.29) is 12.0 Å². The topological polar surface area (TPSA) is 90.2 Å². The van der Waals surface area contributed by atoms with E-state index < -0.39 is 0 Å². The zero-order valence-corrected chi connectivity index (χ0v) is 21.1. The molecule has 1 aliphatic heterocycles. The summed E-state index contributed by atoms with van der Waals surface area (Å²) in [6.45, 7) is 7.21. The van der Waals surface area contributed by atoms with Crippen LogP contribution in [-0.2, 0) is 11.3 Å². The molecule has 190 valence electrons. The Morgan fingerprint density at radius 3 is 2.44 bits per heavy atom. The molecule has 0 saturated carbocycles. The zero-order valence-electron chi connectivity index (χ0n) is 21.1. The van der Waals surface area contributed by atoms with Crippen molar-refractivity contribution >= 4 is 12.0 Å². The zero-order chi connectivity index (χ0) is 25.5. The van der Waals surface area contributed by atoms with Gasteiger partial charge in [0.25, 0.3) is 0 Å². The Balaban J connectivity index is 1.28. The monoisotopic (exact) mass is 492 g/mol. The normalized spacial score (nSPS) is 14.4. The third kappa shape index (κ3) is 6.42. The summed E-state index contributed by atoms with van der Waals surface area (Å²) in [7, 11) is 3.24. The second kappa shape index (κ2) is 11.7. The first kappa shape index (κ1) is 25.2. The molecule has 0 bridgehead atoms. The van der Waals surface area contributed by atoms with Gasteiger partial charge in [0, 0.05) is 37.8 Å². The molecule has 4 rings (SSSR count). The number of piperazine rings is 1. The summed E-state index contributed by atoms with van der Waals surface area (Å²) >= 11 is 0. The van der Waals surface area contributed by atoms with Gasteiger partial charge in [-0.2, -0.15) is 4.98 Å². The van der Waals surface area contributed by atoms with E-state index in [1.165, 1.54) is 0 Å². The summed E-state index contributed by atoms with van der Waals surface area (Å²) < 4.78 is 21.8. The first-order valence-electron chi connectivity index (χ1n) is 12.0. The summed E-state index contributed by atoms with van der Waals surface area (Å²) in [6, 6.07) is 13.2. The van der Waals surface area contributed by atoms with Crippen molar-refractivity contribution in [1.29, 1.82) is 0 Å². The van der Waals surface area contributed by atoms with Gasteiger partial charge >= 0.3 is 0 Å². The van der Waals surface area contributed by atoms with Gasteiger partial charge in [-0.05, 0) is 61.9 Å². The minimum atomic E-state index is -0.0179. The third-order valence-corrected chi connectivity index (χ3v) is 5.83. The fraction of sp³-hybridized carbons (Fsp3) is 0.370. The Morgan fingerprint density at radius 1 is 1.03 bits per heavy atom. The average molecular weight is 493 g/mol. The molecule has 2 heterocycles. The Hall–Kier alpha value is -3.85. The van der Waals surface area contributed by atoms with E-state index in [0.29, 0.717) is 42.8 Å². The summed E-state index contributed by atoms with van der Waals surface area (Å²) in [5.74, 6) is 3.19. The molecule has 2 aromatic carbocycles. The van der Waals surface area contributed by atoms with Crippen molar-refractivity contribution in [3.05, 3.63) is 60.0 Å². The molecule has 0 N–H and O–H groups in total. The van der Waals surface area contributed by atoms with Crippen molar-refractivity contribution in [2.75, 3.05) is 40.4 Å². The van der Waals surface area contributed by atoms with Crippen LogP contribution in [0, 0.1) is 0 Å². The predicted molar refractivity (Wildman–Crippen MR) is 136 cm³/mol. The smallest absolute Gasteiger partial charge is 0.246 e. The van der Waals surface area contributed by atoms with Crippen molar-refractivity contribution in [3.63, 3.8) is 0 Å². The molecule has 9 nitrogen and oxygen atoms in total. The molecule has 0 spiro atoms. The van der Waals surface area contributed by atoms with Crippen molar-refractivity contribution < 1.29 is 23.5 Å². The van der Waals surface area contributed by atoms with E-state index >= 15 is 0 Å². The van der Waals surface area contributed by atoms with Crippen molar-refractivity contribution in [2.45, 2.75) is 26.5 Å². The lowest BCUT2D eigenvalue weighted by molar-refractivity contribution is -0.127. The van der Waals surface area contributed by atoms with Gasteiger partial charge in [0.1, 0.15) is 5.75 Å². The predicted octanol–water partition coefficient (Wildman–Crippen LogP) is 3.90. The van der Waals surface area contributed by atoms with Crippen LogP contribution in [-0.4, -0.2) is 72.4 Å². The van der Waals surface area contributed by atoms with Crippen LogP contribution in [0.25, 0.3) is 17.5 Å². The van der Waals surface area contributed by atoms with Crippen LogP contribution in [0.1, 0.15) is 25.3 Å². The van der Waals surface area contributed by atoms with Gasteiger partial charge in [-0.3, -0.25) is 9.69 Å². The molecule has 1 amide bonds. The van der Waals surface area contributed by atoms with E-state index in [2.05, 4.69) is 15.0 Å². The lowest BCUT2D eigenvalue weighted by Crippen LogP contribution is -2.47. The van der Waals surface area contributed by atoms with Crippen molar-refractivity contribution in [3.8, 4) is 28.6 Å². The second-order valence-electron chi connectivity index (χ2n) is 8.75. The number of hydrogen-bond donors (Lipinski definition) is 0. The molecule has 3 aromatic rings. The summed E-state index contributed by atoms with van der Waals surface area (Å²) in [5, 5.41) is 4.09. The quantitative estimate of drug-likeness (QED) is 0.416. The highest BCUT2D eigenvalue weighted by molar-refractivity contribution is 5.92. The highest BCUT2D eigenvalue weighted by Gasteiger charge is 2.21. The number of ether oxygens (including phenoxy) is 3. The highest BCUT2D eigenvalue weighted by Crippen LogP contribution is 2.29. The summed E-state index contributed by atoms with van der Waals surface area (Å²) in [6.07, 6.45) is 3.46. The number of rotatable bonds is 9. The summed E-state index contributed by atoms with van der Waals surface area (Å²) in [5.41, 5.74) is 1.74. The molecule has 0 atom stereocenters. The molecule has 1 aliphatic rings. The Kier molecular flexibility index (Phi) is 8.22. The van der Waals surface area contributed by atoms with Crippen LogP contribution in [0.2, 0.25) is 0 Å². The molecule has 9 heteroatoms. The lowest BCUT2D eigenvalue weighted by atomic mass is 10.1. The van der Waals surface area contributed by atoms with E-state index in [0.717, 1.165) is 30.0 Å². The van der Waals surface area contributed by atoms with Crippen LogP contribution in [0.4, 0.5) is 0 Å². The number of nitrogens with zero attached hydrogens (tertiary/aromatic N) is 4. The number of amides is 1. The lowest BCUT2D eigenvalue weighted by Gasteiger charge is -2.33. The van der Waals surface area contributed by atoms with E-state index in [4.69, 9.17) is 18.7 Å². The minimum Gasteiger partial charge on any atom is -0.497 e. The fourth-order valence-electron chi connectivity index (χ4n) is 3.91. The molecule has 0 radical (unpaired) electrons. The number of benzene rings is 2. The van der Waals surface area contributed by atoms with Gasteiger partial charge in [0.05, 0.1) is 26.9 Å². The molecule has 0 unspecified atom stereocenters. The molecule has 1 aromatic heterocycles. The summed E-state index contributed by atoms with van der Waals surface area (Å²) in [4.78, 5) is 21.3. The number of hydrogen-bond acceptors (Lipinski definition) is 8. The van der Waals surface area contributed by atoms with Crippen molar-refractivity contribution in [2.24, 2.45) is 0 Å². The van der Waals surface area contributed by atoms with Crippen LogP contribution in [0.5, 0.6) is 17.2 Å². The minimum absolute atomic E-state index is 0.0179. The Bertz CT molecular complexity index is 1180. The van der Waals surface area contributed by atoms with Crippen LogP contribution in [0.3, 0.4) is 0 Å². The number of carbonyl (C=O) groups excluding carboxylic acids is 1. The number of methoxy groups -OCH3 is 2. The second-order valence-corrected chi connectivity index (χ2v) is 8.75. The van der Waals surface area contributed by atoms with Crippen LogP contribution < -0.4 is 14.2 Å². The highest BCUT2D eigenvalue weighted by atomic mass is 16.5. The maximum atomic E-state index is 12.7. The molecular formula is C27H32N4O5. The third-order valence-electron chi connectivity index (χ3n) is 5.83. The van der Waals surface area contributed by atoms with Gasteiger partial charge in [0.15, 0.2) is 11.5 Å². The van der Waals surface area contributed by atoms with E-state index in [1.807, 2.05) is 61.2 Å². The molecule has 0 aliphatic carbocycles. The molecule has 1 fully saturated rings. The maximum Gasteiger partial charge on any atom is 0.246 e. The first-order valence-corrected chi connectivity index (χ1v) is 12.0. The van der Waals surface area contributed by atoms with E-state index in [1.54, 1.807) is 26.4 Å². The van der Waals surface area contributed by atoms with E-state index in [9.17, 15) is 4.79 Å². The first-order chi connectivity index (χ1) is 17.4. The largest absolute Gasteiger partial charge is 0.497 e. The average Bonchev–Trinajstić information content (AvgIpc) is 3.36. The number of carbonyl (C=O) groups is 1.